The van der Waals surface area contributed by atoms with Crippen molar-refractivity contribution in [1.29, 1.82) is 0 Å². The fourth-order valence-corrected chi connectivity index (χ4v) is 3.09. The van der Waals surface area contributed by atoms with Crippen LogP contribution in [-0.2, 0) is 0 Å². The molecule has 7 nitrogen and oxygen atoms in total. The van der Waals surface area contributed by atoms with Gasteiger partial charge in [-0.15, -0.1) is 6.42 Å². The molecule has 0 unspecified atom stereocenters. The van der Waals surface area contributed by atoms with E-state index >= 15 is 0 Å². The summed E-state index contributed by atoms with van der Waals surface area (Å²) in [6, 6.07) is 8.55. The maximum atomic E-state index is 12.9. The molecule has 1 atom stereocenters. The van der Waals surface area contributed by atoms with E-state index in [1.807, 2.05) is 0 Å². The zero-order chi connectivity index (χ0) is 20.6. The van der Waals surface area contributed by atoms with Crippen molar-refractivity contribution in [2.24, 2.45) is 0 Å². The van der Waals surface area contributed by atoms with Gasteiger partial charge in [-0.05, 0) is 25.5 Å². The predicted octanol–water partition coefficient (Wildman–Crippen LogP) is 2.90. The van der Waals surface area contributed by atoms with Crippen molar-refractivity contribution in [3.8, 4) is 12.3 Å². The van der Waals surface area contributed by atoms with Gasteiger partial charge in [-0.2, -0.15) is 0 Å². The van der Waals surface area contributed by atoms with E-state index < -0.39 is 33.6 Å². The molecule has 28 heavy (non-hydrogen) atoms. The number of fused-ring (bicyclic) bond motifs is 2. The van der Waals surface area contributed by atoms with Gasteiger partial charge in [0, 0.05) is 16.7 Å². The molecule has 1 amide bonds. The summed E-state index contributed by atoms with van der Waals surface area (Å²) in [5.74, 6) is 0.501. The number of carbonyl (C=O) groups excluding carboxylic acids is 3. The molecular weight excluding hydrogens is 360 g/mol. The highest BCUT2D eigenvalue weighted by Gasteiger charge is 2.39. The highest BCUT2D eigenvalue weighted by molar-refractivity contribution is 6.30. The molecule has 0 heterocycles. The number of rotatable bonds is 4. The van der Waals surface area contributed by atoms with Crippen LogP contribution in [0.3, 0.4) is 0 Å². The summed E-state index contributed by atoms with van der Waals surface area (Å²) in [6.07, 6.45) is 5.85. The van der Waals surface area contributed by atoms with Crippen LogP contribution in [0.1, 0.15) is 62.5 Å². The molecule has 2 aromatic rings. The lowest BCUT2D eigenvalue weighted by Gasteiger charge is -2.24. The second kappa shape index (κ2) is 6.74. The molecule has 0 fully saturated rings. The average Bonchev–Trinajstić information content (AvgIpc) is 2.70. The molecule has 0 bridgehead atoms. The molecule has 3 rings (SSSR count). The van der Waals surface area contributed by atoms with Crippen molar-refractivity contribution < 1.29 is 19.3 Å². The molecular formula is C21H16N2O5. The third-order valence-electron chi connectivity index (χ3n) is 4.91. The lowest BCUT2D eigenvalue weighted by Crippen LogP contribution is -2.44. The monoisotopic (exact) mass is 376 g/mol. The van der Waals surface area contributed by atoms with Gasteiger partial charge in [0.2, 0.25) is 5.78 Å². The Balaban J connectivity index is 2.21. The zero-order valence-corrected chi connectivity index (χ0v) is 15.2. The molecule has 1 aliphatic carbocycles. The summed E-state index contributed by atoms with van der Waals surface area (Å²) in [5, 5.41) is 14.4. The van der Waals surface area contributed by atoms with Crippen LogP contribution in [0.2, 0.25) is 0 Å². The maximum absolute atomic E-state index is 12.9. The fourth-order valence-electron chi connectivity index (χ4n) is 3.09. The first-order valence-corrected chi connectivity index (χ1v) is 8.54. The van der Waals surface area contributed by atoms with E-state index in [0.29, 0.717) is 6.42 Å². The Morgan fingerprint density at radius 1 is 1.14 bits per heavy atom. The van der Waals surface area contributed by atoms with Crippen LogP contribution in [0.15, 0.2) is 36.4 Å². The minimum atomic E-state index is -1.01. The topological polar surface area (TPSA) is 106 Å². The van der Waals surface area contributed by atoms with Crippen molar-refractivity contribution in [3.63, 3.8) is 0 Å². The molecule has 1 N–H and O–H groups in total. The highest BCUT2D eigenvalue weighted by atomic mass is 16.6. The van der Waals surface area contributed by atoms with Gasteiger partial charge in [0.15, 0.2) is 5.78 Å². The van der Waals surface area contributed by atoms with E-state index in [1.54, 1.807) is 26.0 Å². The second-order valence-corrected chi connectivity index (χ2v) is 6.63. The smallest absolute Gasteiger partial charge is 0.294 e. The van der Waals surface area contributed by atoms with Crippen LogP contribution in [0.25, 0.3) is 0 Å². The molecule has 0 radical (unpaired) electrons. The summed E-state index contributed by atoms with van der Waals surface area (Å²) in [5.41, 5.74) is -2.24. The number of benzene rings is 2. The van der Waals surface area contributed by atoms with Crippen molar-refractivity contribution >= 4 is 23.2 Å². The number of nitro groups is 1. The molecule has 0 saturated heterocycles. The maximum Gasteiger partial charge on any atom is 0.294 e. The first kappa shape index (κ1) is 19.0. The normalized spacial score (nSPS) is 14.3. The van der Waals surface area contributed by atoms with Crippen LogP contribution < -0.4 is 5.32 Å². The Kier molecular flexibility index (Phi) is 4.57. The number of nitro benzene ring substituents is 1. The van der Waals surface area contributed by atoms with Gasteiger partial charge < -0.3 is 5.32 Å². The van der Waals surface area contributed by atoms with Gasteiger partial charge in [0.1, 0.15) is 11.1 Å². The standard InChI is InChI=1S/C21H16N2O5/c1-4-21(3,5-2)22-20(26)15-11-10-14-16(17(15)23(27)28)19(25)13-9-7-6-8-12(13)18(14)24/h1,6-11H,5H2,2-3H3,(H,22,26)/t21-/m0/s1. The second-order valence-electron chi connectivity index (χ2n) is 6.63. The van der Waals surface area contributed by atoms with Crippen LogP contribution in [0, 0.1) is 22.5 Å². The zero-order valence-electron chi connectivity index (χ0n) is 15.2. The first-order chi connectivity index (χ1) is 13.2. The molecule has 2 aromatic carbocycles. The van der Waals surface area contributed by atoms with Crippen LogP contribution in [-0.4, -0.2) is 27.9 Å². The Hall–Kier alpha value is -3.79. The minimum absolute atomic E-state index is 0.0719. The predicted molar refractivity (Wildman–Crippen MR) is 101 cm³/mol. The summed E-state index contributed by atoms with van der Waals surface area (Å²) in [4.78, 5) is 49.4. The third-order valence-corrected chi connectivity index (χ3v) is 4.91. The Labute approximate surface area is 160 Å². The van der Waals surface area contributed by atoms with Gasteiger partial charge in [-0.1, -0.05) is 37.1 Å². The van der Waals surface area contributed by atoms with Gasteiger partial charge in [-0.25, -0.2) is 0 Å². The molecule has 0 aromatic heterocycles. The number of amides is 1. The number of hydrogen-bond acceptors (Lipinski definition) is 5. The Morgan fingerprint density at radius 2 is 1.75 bits per heavy atom. The molecule has 0 aliphatic heterocycles. The largest absolute Gasteiger partial charge is 0.336 e. The van der Waals surface area contributed by atoms with E-state index in [0.717, 1.165) is 0 Å². The van der Waals surface area contributed by atoms with E-state index in [-0.39, 0.29) is 27.8 Å². The van der Waals surface area contributed by atoms with Gasteiger partial charge in [0.05, 0.1) is 10.5 Å². The fraction of sp³-hybridized carbons (Fsp3) is 0.190. The van der Waals surface area contributed by atoms with E-state index in [2.05, 4.69) is 11.2 Å². The van der Waals surface area contributed by atoms with Crippen molar-refractivity contribution in [3.05, 3.63) is 74.3 Å². The van der Waals surface area contributed by atoms with E-state index in [4.69, 9.17) is 6.42 Å². The third kappa shape index (κ3) is 2.85. The van der Waals surface area contributed by atoms with Gasteiger partial charge in [0.25, 0.3) is 11.6 Å². The minimum Gasteiger partial charge on any atom is -0.336 e. The Morgan fingerprint density at radius 3 is 2.29 bits per heavy atom. The highest BCUT2D eigenvalue weighted by Crippen LogP contribution is 2.35. The summed E-state index contributed by atoms with van der Waals surface area (Å²) in [6.45, 7) is 3.38. The number of ketones is 2. The number of nitrogens with zero attached hydrogens (tertiary/aromatic N) is 1. The SMILES string of the molecule is C#C[C@@](C)(CC)NC(=O)c1ccc2c(c1[N+](=O)[O-])C(=O)c1ccccc1C2=O. The van der Waals surface area contributed by atoms with E-state index in [9.17, 15) is 24.5 Å². The summed E-state index contributed by atoms with van der Waals surface area (Å²) < 4.78 is 0. The lowest BCUT2D eigenvalue weighted by molar-refractivity contribution is -0.385. The van der Waals surface area contributed by atoms with E-state index in [1.165, 1.54) is 24.3 Å². The summed E-state index contributed by atoms with van der Waals surface area (Å²) >= 11 is 0. The number of nitrogens with one attached hydrogen (secondary N) is 1. The van der Waals surface area contributed by atoms with Crippen LogP contribution in [0.4, 0.5) is 5.69 Å². The molecule has 0 spiro atoms. The number of carbonyl (C=O) groups is 3. The lowest BCUT2D eigenvalue weighted by atomic mass is 9.82. The summed E-state index contributed by atoms with van der Waals surface area (Å²) in [7, 11) is 0. The van der Waals surface area contributed by atoms with Crippen molar-refractivity contribution in [2.45, 2.75) is 25.8 Å². The average molecular weight is 376 g/mol. The molecule has 7 heteroatoms. The quantitative estimate of drug-likeness (QED) is 0.428. The van der Waals surface area contributed by atoms with Crippen LogP contribution in [0.5, 0.6) is 0 Å². The van der Waals surface area contributed by atoms with Crippen LogP contribution >= 0.6 is 0 Å². The van der Waals surface area contributed by atoms with Crippen molar-refractivity contribution in [2.75, 3.05) is 0 Å². The van der Waals surface area contributed by atoms with Gasteiger partial charge >= 0.3 is 0 Å². The first-order valence-electron chi connectivity index (χ1n) is 8.54. The molecule has 0 saturated carbocycles. The van der Waals surface area contributed by atoms with Gasteiger partial charge in [-0.3, -0.25) is 24.5 Å². The number of terminal acetylenes is 1. The molecule has 140 valence electrons. The number of hydrogen-bond donors (Lipinski definition) is 1. The van der Waals surface area contributed by atoms with Crippen molar-refractivity contribution in [1.82, 2.24) is 5.32 Å². The molecule has 1 aliphatic rings. The Bertz CT molecular complexity index is 1100.